The molecule has 1 heterocycles. The fraction of sp³-hybridized carbons (Fsp3) is 0.417. The van der Waals surface area contributed by atoms with Crippen LogP contribution in [0.4, 0.5) is 0 Å². The Balaban J connectivity index is 1.98. The number of hydrogen-bond donors (Lipinski definition) is 0. The lowest BCUT2D eigenvalue weighted by molar-refractivity contribution is 0.0531. The first-order valence-electron chi connectivity index (χ1n) is 10.6. The molecule has 1 aliphatic rings. The van der Waals surface area contributed by atoms with E-state index in [-0.39, 0.29) is 19.1 Å². The lowest BCUT2D eigenvalue weighted by Crippen LogP contribution is -2.30. The maximum Gasteiger partial charge on any atom is 0.339 e. The number of carbonyl (C=O) groups excluding carboxylic acids is 2. The monoisotopic (exact) mass is 459 g/mol. The molecule has 9 nitrogen and oxygen atoms in total. The van der Waals surface area contributed by atoms with Gasteiger partial charge in [0.15, 0.2) is 23.0 Å². The molecule has 2 aromatic carbocycles. The summed E-state index contributed by atoms with van der Waals surface area (Å²) in [4.78, 5) is 26.9. The average molecular weight is 459 g/mol. The number of amides is 1. The van der Waals surface area contributed by atoms with Crippen molar-refractivity contribution in [3.63, 3.8) is 0 Å². The van der Waals surface area contributed by atoms with Crippen molar-refractivity contribution in [2.45, 2.75) is 27.1 Å². The fourth-order valence-corrected chi connectivity index (χ4v) is 3.90. The quantitative estimate of drug-likeness (QED) is 0.499. The van der Waals surface area contributed by atoms with Crippen LogP contribution in [0.5, 0.6) is 28.7 Å². The van der Waals surface area contributed by atoms with E-state index < -0.39 is 5.97 Å². The first kappa shape index (κ1) is 24.0. The summed E-state index contributed by atoms with van der Waals surface area (Å²) in [6.07, 6.45) is 0. The van der Waals surface area contributed by atoms with Gasteiger partial charge in [-0.25, -0.2) is 4.79 Å². The molecule has 0 aromatic heterocycles. The fourth-order valence-electron chi connectivity index (χ4n) is 3.90. The molecule has 178 valence electrons. The third-order valence-corrected chi connectivity index (χ3v) is 5.56. The van der Waals surface area contributed by atoms with Crippen LogP contribution in [-0.4, -0.2) is 58.3 Å². The standard InChI is InChI=1S/C24H29NO8/c1-7-25(8-2)23(26)14-9-10-17(18(11-14)28-3)32-12-15-19-16(13-33-24(19)27)21(30-5)22(31-6)20(15)29-4/h9-11H,7-8,12-13H2,1-6H3. The van der Waals surface area contributed by atoms with E-state index in [1.165, 1.54) is 28.4 Å². The minimum absolute atomic E-state index is 0.0271. The maximum atomic E-state index is 12.7. The Kier molecular flexibility index (Phi) is 7.52. The Bertz CT molecular complexity index is 1050. The summed E-state index contributed by atoms with van der Waals surface area (Å²) in [6, 6.07) is 4.99. The zero-order valence-corrected chi connectivity index (χ0v) is 19.8. The number of nitrogens with zero attached hydrogens (tertiary/aromatic N) is 1. The van der Waals surface area contributed by atoms with Crippen molar-refractivity contribution in [3.8, 4) is 28.7 Å². The Morgan fingerprint density at radius 3 is 2.18 bits per heavy atom. The number of ether oxygens (including phenoxy) is 6. The lowest BCUT2D eigenvalue weighted by Gasteiger charge is -2.21. The number of cyclic esters (lactones) is 1. The number of rotatable bonds is 10. The van der Waals surface area contributed by atoms with Crippen molar-refractivity contribution in [2.24, 2.45) is 0 Å². The molecule has 33 heavy (non-hydrogen) atoms. The van der Waals surface area contributed by atoms with Crippen LogP contribution in [0.25, 0.3) is 0 Å². The van der Waals surface area contributed by atoms with Crippen LogP contribution in [0.2, 0.25) is 0 Å². The zero-order chi connectivity index (χ0) is 24.1. The van der Waals surface area contributed by atoms with Crippen LogP contribution in [-0.2, 0) is 18.0 Å². The van der Waals surface area contributed by atoms with Gasteiger partial charge in [0.2, 0.25) is 5.75 Å². The number of methoxy groups -OCH3 is 4. The molecular weight excluding hydrogens is 430 g/mol. The van der Waals surface area contributed by atoms with Crippen molar-refractivity contribution in [1.82, 2.24) is 4.90 Å². The van der Waals surface area contributed by atoms with Gasteiger partial charge in [0.25, 0.3) is 5.91 Å². The Morgan fingerprint density at radius 1 is 0.939 bits per heavy atom. The van der Waals surface area contributed by atoms with Gasteiger partial charge in [-0.2, -0.15) is 0 Å². The molecule has 0 radical (unpaired) electrons. The first-order chi connectivity index (χ1) is 15.9. The minimum Gasteiger partial charge on any atom is -0.493 e. The predicted molar refractivity (Wildman–Crippen MR) is 120 cm³/mol. The molecule has 0 spiro atoms. The van der Waals surface area contributed by atoms with Crippen LogP contribution in [0, 0.1) is 0 Å². The summed E-state index contributed by atoms with van der Waals surface area (Å²) in [5.41, 5.74) is 1.87. The predicted octanol–water partition coefficient (Wildman–Crippen LogP) is 3.45. The summed E-state index contributed by atoms with van der Waals surface area (Å²) in [5.74, 6) is 1.28. The Morgan fingerprint density at radius 2 is 1.61 bits per heavy atom. The normalized spacial score (nSPS) is 12.0. The summed E-state index contributed by atoms with van der Waals surface area (Å²) >= 11 is 0. The Labute approximate surface area is 193 Å². The van der Waals surface area contributed by atoms with Gasteiger partial charge in [0.1, 0.15) is 13.2 Å². The number of esters is 1. The van der Waals surface area contributed by atoms with E-state index in [1.807, 2.05) is 13.8 Å². The van der Waals surface area contributed by atoms with Gasteiger partial charge < -0.3 is 33.3 Å². The molecule has 0 atom stereocenters. The van der Waals surface area contributed by atoms with E-state index in [1.54, 1.807) is 23.1 Å². The largest absolute Gasteiger partial charge is 0.493 e. The smallest absolute Gasteiger partial charge is 0.339 e. The van der Waals surface area contributed by atoms with Crippen LogP contribution < -0.4 is 23.7 Å². The van der Waals surface area contributed by atoms with Crippen LogP contribution in [0.15, 0.2) is 18.2 Å². The summed E-state index contributed by atoms with van der Waals surface area (Å²) in [7, 11) is 5.95. The molecule has 0 saturated carbocycles. The van der Waals surface area contributed by atoms with Crippen molar-refractivity contribution >= 4 is 11.9 Å². The molecule has 0 bridgehead atoms. The number of carbonyl (C=O) groups is 2. The van der Waals surface area contributed by atoms with E-state index in [4.69, 9.17) is 28.4 Å². The molecule has 1 amide bonds. The van der Waals surface area contributed by atoms with E-state index in [9.17, 15) is 9.59 Å². The molecule has 0 unspecified atom stereocenters. The maximum absolute atomic E-state index is 12.7. The second kappa shape index (κ2) is 10.3. The number of benzene rings is 2. The van der Waals surface area contributed by atoms with E-state index >= 15 is 0 Å². The lowest BCUT2D eigenvalue weighted by atomic mass is 10.00. The third-order valence-electron chi connectivity index (χ3n) is 5.56. The van der Waals surface area contributed by atoms with E-state index in [0.29, 0.717) is 64.1 Å². The number of hydrogen-bond acceptors (Lipinski definition) is 8. The molecule has 3 rings (SSSR count). The van der Waals surface area contributed by atoms with E-state index in [0.717, 1.165) is 0 Å². The van der Waals surface area contributed by atoms with Crippen molar-refractivity contribution < 1.29 is 38.0 Å². The molecule has 2 aromatic rings. The van der Waals surface area contributed by atoms with Crippen molar-refractivity contribution in [3.05, 3.63) is 40.5 Å². The van der Waals surface area contributed by atoms with Gasteiger partial charge in [0, 0.05) is 18.7 Å². The second-order valence-corrected chi connectivity index (χ2v) is 7.14. The summed E-state index contributed by atoms with van der Waals surface area (Å²) < 4.78 is 33.2. The molecule has 0 saturated heterocycles. The molecule has 0 N–H and O–H groups in total. The van der Waals surface area contributed by atoms with Gasteiger partial charge in [0.05, 0.1) is 45.1 Å². The average Bonchev–Trinajstić information content (AvgIpc) is 3.23. The Hall–Kier alpha value is -3.62. The summed E-state index contributed by atoms with van der Waals surface area (Å²) in [5, 5.41) is 0. The van der Waals surface area contributed by atoms with Gasteiger partial charge in [-0.05, 0) is 32.0 Å². The molecule has 9 heteroatoms. The van der Waals surface area contributed by atoms with Crippen LogP contribution in [0.3, 0.4) is 0 Å². The summed E-state index contributed by atoms with van der Waals surface area (Å²) in [6.45, 7) is 5.11. The highest BCUT2D eigenvalue weighted by molar-refractivity contribution is 5.98. The topological polar surface area (TPSA) is 92.8 Å². The highest BCUT2D eigenvalue weighted by Crippen LogP contribution is 2.48. The van der Waals surface area contributed by atoms with E-state index in [2.05, 4.69) is 0 Å². The SMILES string of the molecule is CCN(CC)C(=O)c1ccc(OCc2c(OC)c(OC)c(OC)c3c2C(=O)OC3)c(OC)c1. The first-order valence-corrected chi connectivity index (χ1v) is 10.6. The zero-order valence-electron chi connectivity index (χ0n) is 19.8. The molecule has 0 fully saturated rings. The van der Waals surface area contributed by atoms with Crippen molar-refractivity contribution in [2.75, 3.05) is 41.5 Å². The van der Waals surface area contributed by atoms with Gasteiger partial charge in [-0.1, -0.05) is 0 Å². The van der Waals surface area contributed by atoms with Gasteiger partial charge in [-0.15, -0.1) is 0 Å². The molecular formula is C24H29NO8. The second-order valence-electron chi connectivity index (χ2n) is 7.14. The minimum atomic E-state index is -0.491. The number of fused-ring (bicyclic) bond motifs is 1. The van der Waals surface area contributed by atoms with Gasteiger partial charge >= 0.3 is 5.97 Å². The highest BCUT2D eigenvalue weighted by Gasteiger charge is 2.35. The van der Waals surface area contributed by atoms with Gasteiger partial charge in [-0.3, -0.25) is 4.79 Å². The third kappa shape index (κ3) is 4.35. The highest BCUT2D eigenvalue weighted by atomic mass is 16.6. The van der Waals surface area contributed by atoms with Crippen molar-refractivity contribution in [1.29, 1.82) is 0 Å². The van der Waals surface area contributed by atoms with Crippen LogP contribution >= 0.6 is 0 Å². The molecule has 1 aliphatic heterocycles. The molecule has 0 aliphatic carbocycles. The van der Waals surface area contributed by atoms with Crippen LogP contribution in [0.1, 0.15) is 45.7 Å².